The number of rotatable bonds is 9. The Morgan fingerprint density at radius 2 is 1.84 bits per heavy atom. The number of ether oxygens (including phenoxy) is 1. The number of carbonyl (C=O) groups is 2. The molecule has 1 aliphatic rings. The quantitative estimate of drug-likeness (QED) is 0.606. The van der Waals surface area contributed by atoms with E-state index in [1.807, 2.05) is 25.1 Å². The summed E-state index contributed by atoms with van der Waals surface area (Å²) in [4.78, 5) is 27.7. The molecule has 31 heavy (non-hydrogen) atoms. The molecule has 1 atom stereocenters. The number of hydrogen-bond acceptors (Lipinski definition) is 3. The molecular formula is C24H28ClFN2O3. The first-order valence-corrected chi connectivity index (χ1v) is 11.1. The van der Waals surface area contributed by atoms with E-state index in [-0.39, 0.29) is 30.9 Å². The Morgan fingerprint density at radius 3 is 2.52 bits per heavy atom. The summed E-state index contributed by atoms with van der Waals surface area (Å²) in [5.74, 6) is -1.13. The molecule has 166 valence electrons. The fraction of sp³-hybridized carbons (Fsp3) is 0.417. The highest BCUT2D eigenvalue weighted by Gasteiger charge is 2.31. The van der Waals surface area contributed by atoms with Crippen molar-refractivity contribution in [3.63, 3.8) is 0 Å². The van der Waals surface area contributed by atoms with Crippen LogP contribution in [0.25, 0.3) is 0 Å². The summed E-state index contributed by atoms with van der Waals surface area (Å²) >= 11 is 6.31. The summed E-state index contributed by atoms with van der Waals surface area (Å²) in [7, 11) is 0. The van der Waals surface area contributed by atoms with Gasteiger partial charge in [0.05, 0.1) is 0 Å². The molecule has 3 rings (SSSR count). The van der Waals surface area contributed by atoms with Gasteiger partial charge in [-0.25, -0.2) is 4.39 Å². The monoisotopic (exact) mass is 446 g/mol. The maximum atomic E-state index is 13.9. The Balaban J connectivity index is 1.78. The number of carbonyl (C=O) groups excluding carboxylic acids is 2. The second-order valence-corrected chi connectivity index (χ2v) is 8.15. The van der Waals surface area contributed by atoms with Gasteiger partial charge >= 0.3 is 0 Å². The Morgan fingerprint density at radius 1 is 1.16 bits per heavy atom. The first kappa shape index (κ1) is 23.1. The van der Waals surface area contributed by atoms with Crippen molar-refractivity contribution in [2.75, 3.05) is 6.61 Å². The number of nitrogens with one attached hydrogen (secondary N) is 1. The predicted molar refractivity (Wildman–Crippen MR) is 118 cm³/mol. The number of para-hydroxylation sites is 1. The normalized spacial score (nSPS) is 14.8. The third-order valence-electron chi connectivity index (χ3n) is 5.57. The van der Waals surface area contributed by atoms with Crippen LogP contribution in [0.4, 0.5) is 4.39 Å². The molecule has 0 bridgehead atoms. The second kappa shape index (κ2) is 11.1. The SMILES string of the molecule is CC[C@H](C(=O)NC1CCCC1)N(Cc1ccccc1Cl)C(=O)COc1ccccc1F. The Bertz CT molecular complexity index is 902. The van der Waals surface area contributed by atoms with E-state index >= 15 is 0 Å². The zero-order chi connectivity index (χ0) is 22.2. The molecule has 7 heteroatoms. The van der Waals surface area contributed by atoms with Gasteiger partial charge in [0.2, 0.25) is 5.91 Å². The zero-order valence-corrected chi connectivity index (χ0v) is 18.4. The van der Waals surface area contributed by atoms with Gasteiger partial charge < -0.3 is 15.0 Å². The predicted octanol–water partition coefficient (Wildman–Crippen LogP) is 4.72. The Labute approximate surface area is 187 Å². The van der Waals surface area contributed by atoms with Gasteiger partial charge in [-0.1, -0.05) is 61.7 Å². The van der Waals surface area contributed by atoms with E-state index in [0.29, 0.717) is 11.4 Å². The molecule has 1 aliphatic carbocycles. The van der Waals surface area contributed by atoms with Crippen LogP contribution >= 0.6 is 11.6 Å². The van der Waals surface area contributed by atoms with E-state index in [0.717, 1.165) is 31.2 Å². The average Bonchev–Trinajstić information content (AvgIpc) is 3.27. The van der Waals surface area contributed by atoms with Gasteiger partial charge in [0, 0.05) is 17.6 Å². The van der Waals surface area contributed by atoms with Crippen LogP contribution < -0.4 is 10.1 Å². The van der Waals surface area contributed by atoms with E-state index in [4.69, 9.17) is 16.3 Å². The molecule has 5 nitrogen and oxygen atoms in total. The van der Waals surface area contributed by atoms with Gasteiger partial charge in [-0.15, -0.1) is 0 Å². The van der Waals surface area contributed by atoms with Crippen LogP contribution in [0, 0.1) is 5.82 Å². The third-order valence-corrected chi connectivity index (χ3v) is 5.94. The average molecular weight is 447 g/mol. The van der Waals surface area contributed by atoms with Crippen molar-refractivity contribution >= 4 is 23.4 Å². The summed E-state index contributed by atoms with van der Waals surface area (Å²) in [6, 6.07) is 12.6. The van der Waals surface area contributed by atoms with Gasteiger partial charge in [-0.05, 0) is 43.0 Å². The minimum Gasteiger partial charge on any atom is -0.481 e. The van der Waals surface area contributed by atoms with Crippen molar-refractivity contribution in [3.05, 3.63) is 64.9 Å². The summed E-state index contributed by atoms with van der Waals surface area (Å²) in [5, 5.41) is 3.60. The Hall–Kier alpha value is -2.60. The van der Waals surface area contributed by atoms with Crippen LogP contribution in [0.15, 0.2) is 48.5 Å². The lowest BCUT2D eigenvalue weighted by Crippen LogP contribution is -2.52. The zero-order valence-electron chi connectivity index (χ0n) is 17.7. The van der Waals surface area contributed by atoms with Gasteiger partial charge in [-0.3, -0.25) is 9.59 Å². The number of halogens is 2. The van der Waals surface area contributed by atoms with Crippen LogP contribution in [-0.2, 0) is 16.1 Å². The molecule has 0 heterocycles. The maximum Gasteiger partial charge on any atom is 0.261 e. The fourth-order valence-electron chi connectivity index (χ4n) is 3.88. The molecule has 0 aromatic heterocycles. The van der Waals surface area contributed by atoms with Crippen LogP contribution in [0.3, 0.4) is 0 Å². The minimum atomic E-state index is -0.673. The van der Waals surface area contributed by atoms with E-state index in [2.05, 4.69) is 5.32 Å². The molecule has 1 fully saturated rings. The highest BCUT2D eigenvalue weighted by Crippen LogP contribution is 2.22. The van der Waals surface area contributed by atoms with Crippen LogP contribution in [0.5, 0.6) is 5.75 Å². The lowest BCUT2D eigenvalue weighted by atomic mass is 10.1. The molecule has 2 aromatic rings. The highest BCUT2D eigenvalue weighted by atomic mass is 35.5. The number of nitrogens with zero attached hydrogens (tertiary/aromatic N) is 1. The summed E-state index contributed by atoms with van der Waals surface area (Å²) in [5.41, 5.74) is 0.732. The van der Waals surface area contributed by atoms with E-state index in [9.17, 15) is 14.0 Å². The standard InChI is InChI=1S/C24H28ClFN2O3/c1-2-21(24(30)27-18-10-4-5-11-18)28(15-17-9-3-6-12-19(17)25)23(29)16-31-22-14-8-7-13-20(22)26/h3,6-9,12-14,18,21H,2,4-5,10-11,15-16H2,1H3,(H,27,30)/t21-/m1/s1. The lowest BCUT2D eigenvalue weighted by molar-refractivity contribution is -0.143. The lowest BCUT2D eigenvalue weighted by Gasteiger charge is -2.31. The summed E-state index contributed by atoms with van der Waals surface area (Å²) in [6.07, 6.45) is 4.55. The van der Waals surface area contributed by atoms with Crippen molar-refractivity contribution in [1.82, 2.24) is 10.2 Å². The number of hydrogen-bond donors (Lipinski definition) is 1. The van der Waals surface area contributed by atoms with Crippen molar-refractivity contribution in [2.24, 2.45) is 0 Å². The van der Waals surface area contributed by atoms with Crippen molar-refractivity contribution in [1.29, 1.82) is 0 Å². The van der Waals surface area contributed by atoms with Gasteiger partial charge in [0.1, 0.15) is 6.04 Å². The smallest absolute Gasteiger partial charge is 0.261 e. The summed E-state index contributed by atoms with van der Waals surface area (Å²) in [6.45, 7) is 1.65. The van der Waals surface area contributed by atoms with Crippen LogP contribution in [0.2, 0.25) is 5.02 Å². The molecular weight excluding hydrogens is 419 g/mol. The summed E-state index contributed by atoms with van der Waals surface area (Å²) < 4.78 is 19.3. The van der Waals surface area contributed by atoms with Crippen LogP contribution in [0.1, 0.15) is 44.6 Å². The number of amides is 2. The molecule has 0 aliphatic heterocycles. The second-order valence-electron chi connectivity index (χ2n) is 7.75. The third kappa shape index (κ3) is 6.20. The van der Waals surface area contributed by atoms with Crippen molar-refractivity contribution < 1.29 is 18.7 Å². The van der Waals surface area contributed by atoms with E-state index < -0.39 is 17.8 Å². The number of benzene rings is 2. The molecule has 0 unspecified atom stereocenters. The minimum absolute atomic E-state index is 0.00278. The van der Waals surface area contributed by atoms with Gasteiger partial charge in [0.25, 0.3) is 5.91 Å². The van der Waals surface area contributed by atoms with Gasteiger partial charge in [-0.2, -0.15) is 0 Å². The molecule has 2 aromatic carbocycles. The van der Waals surface area contributed by atoms with Gasteiger partial charge in [0.15, 0.2) is 18.2 Å². The highest BCUT2D eigenvalue weighted by molar-refractivity contribution is 6.31. The van der Waals surface area contributed by atoms with Crippen molar-refractivity contribution in [3.8, 4) is 5.75 Å². The maximum absolute atomic E-state index is 13.9. The van der Waals surface area contributed by atoms with E-state index in [1.165, 1.54) is 17.0 Å². The first-order chi connectivity index (χ1) is 15.0. The first-order valence-electron chi connectivity index (χ1n) is 10.7. The van der Waals surface area contributed by atoms with Crippen molar-refractivity contribution in [2.45, 2.75) is 57.7 Å². The Kier molecular flexibility index (Phi) is 8.29. The largest absolute Gasteiger partial charge is 0.481 e. The molecule has 1 N–H and O–H groups in total. The van der Waals surface area contributed by atoms with Crippen LogP contribution in [-0.4, -0.2) is 35.4 Å². The van der Waals surface area contributed by atoms with E-state index in [1.54, 1.807) is 18.2 Å². The molecule has 0 spiro atoms. The molecule has 2 amide bonds. The topological polar surface area (TPSA) is 58.6 Å². The fourth-order valence-corrected chi connectivity index (χ4v) is 4.08. The molecule has 0 saturated heterocycles. The molecule has 1 saturated carbocycles. The molecule has 0 radical (unpaired) electrons.